The molecule has 0 radical (unpaired) electrons. The first kappa shape index (κ1) is 10.9. The average Bonchev–Trinajstić information content (AvgIpc) is 2.94. The molecule has 1 amide bonds. The Morgan fingerprint density at radius 3 is 2.86 bits per heavy atom. The first-order valence-electron chi connectivity index (χ1n) is 4.24. The summed E-state index contributed by atoms with van der Waals surface area (Å²) in [6, 6.07) is 0. The standard InChI is InChI=1S/C9H11NO3S/c1-3-5-10-8(11)6-7(14-6)9(12)13-4-2/h1,6-7H,4-5H2,2H3,(H,10,11)/t6-,7-/m1/s1. The third-order valence-corrected chi connectivity index (χ3v) is 2.86. The molecule has 1 aliphatic rings. The molecule has 1 heterocycles. The Hall–Kier alpha value is -1.15. The SMILES string of the molecule is C#CCNC(=O)[C@@H]1S[C@H]1C(=O)OCC. The fraction of sp³-hybridized carbons (Fsp3) is 0.556. The normalized spacial score (nSPS) is 23.4. The van der Waals surface area contributed by atoms with E-state index < -0.39 is 0 Å². The van der Waals surface area contributed by atoms with Crippen molar-refractivity contribution in [1.29, 1.82) is 0 Å². The number of carbonyl (C=O) groups excluding carboxylic acids is 2. The lowest BCUT2D eigenvalue weighted by atomic mass is 10.3. The van der Waals surface area contributed by atoms with Crippen LogP contribution in [0.3, 0.4) is 0 Å². The topological polar surface area (TPSA) is 55.4 Å². The van der Waals surface area contributed by atoms with E-state index in [0.717, 1.165) is 0 Å². The van der Waals surface area contributed by atoms with Crippen molar-refractivity contribution in [1.82, 2.24) is 5.32 Å². The van der Waals surface area contributed by atoms with Crippen molar-refractivity contribution < 1.29 is 14.3 Å². The number of esters is 1. The average molecular weight is 213 g/mol. The summed E-state index contributed by atoms with van der Waals surface area (Å²) in [6.45, 7) is 2.28. The summed E-state index contributed by atoms with van der Waals surface area (Å²) in [7, 11) is 0. The van der Waals surface area contributed by atoms with Crippen LogP contribution in [0.2, 0.25) is 0 Å². The maximum atomic E-state index is 11.2. The van der Waals surface area contributed by atoms with E-state index in [-0.39, 0.29) is 28.9 Å². The molecule has 0 bridgehead atoms. The number of nitrogens with one attached hydrogen (secondary N) is 1. The van der Waals surface area contributed by atoms with Gasteiger partial charge in [-0.05, 0) is 6.92 Å². The molecule has 1 aliphatic heterocycles. The summed E-state index contributed by atoms with van der Waals surface area (Å²) >= 11 is 1.29. The first-order chi connectivity index (χ1) is 6.70. The van der Waals surface area contributed by atoms with Crippen LogP contribution in [0.5, 0.6) is 0 Å². The van der Waals surface area contributed by atoms with Gasteiger partial charge in [0.25, 0.3) is 0 Å². The summed E-state index contributed by atoms with van der Waals surface area (Å²) < 4.78 is 4.77. The Balaban J connectivity index is 2.28. The van der Waals surface area contributed by atoms with Crippen molar-refractivity contribution >= 4 is 23.6 Å². The van der Waals surface area contributed by atoms with Gasteiger partial charge in [0, 0.05) is 0 Å². The molecule has 1 fully saturated rings. The van der Waals surface area contributed by atoms with Crippen LogP contribution < -0.4 is 5.32 Å². The number of thioether (sulfide) groups is 1. The third-order valence-electron chi connectivity index (χ3n) is 1.63. The molecular weight excluding hydrogens is 202 g/mol. The van der Waals surface area contributed by atoms with Gasteiger partial charge < -0.3 is 10.1 Å². The molecule has 2 atom stereocenters. The van der Waals surface area contributed by atoms with Gasteiger partial charge in [0.1, 0.15) is 10.5 Å². The van der Waals surface area contributed by atoms with Gasteiger partial charge >= 0.3 is 5.97 Å². The second-order valence-corrected chi connectivity index (χ2v) is 3.94. The van der Waals surface area contributed by atoms with Crippen LogP contribution in [0.25, 0.3) is 0 Å². The highest BCUT2D eigenvalue weighted by atomic mass is 32.2. The molecule has 0 spiro atoms. The van der Waals surface area contributed by atoms with E-state index in [1.165, 1.54) is 11.8 Å². The monoisotopic (exact) mass is 213 g/mol. The number of terminal acetylenes is 1. The highest BCUT2D eigenvalue weighted by molar-refractivity contribution is 8.09. The maximum absolute atomic E-state index is 11.2. The molecule has 0 aromatic carbocycles. The molecular formula is C9H11NO3S. The number of rotatable bonds is 4. The molecule has 4 nitrogen and oxygen atoms in total. The molecule has 0 aliphatic carbocycles. The first-order valence-corrected chi connectivity index (χ1v) is 5.18. The van der Waals surface area contributed by atoms with E-state index in [9.17, 15) is 9.59 Å². The molecule has 0 aromatic rings. The molecule has 0 unspecified atom stereocenters. The van der Waals surface area contributed by atoms with Crippen LogP contribution in [0, 0.1) is 12.3 Å². The third kappa shape index (κ3) is 2.67. The number of hydrogen-bond acceptors (Lipinski definition) is 4. The fourth-order valence-electron chi connectivity index (χ4n) is 0.954. The van der Waals surface area contributed by atoms with Crippen LogP contribution >= 0.6 is 11.8 Å². The molecule has 14 heavy (non-hydrogen) atoms. The Bertz CT molecular complexity index is 284. The van der Waals surface area contributed by atoms with Gasteiger partial charge in [-0.15, -0.1) is 18.2 Å². The number of hydrogen-bond donors (Lipinski definition) is 1. The van der Waals surface area contributed by atoms with Crippen molar-refractivity contribution in [2.75, 3.05) is 13.2 Å². The van der Waals surface area contributed by atoms with Gasteiger partial charge in [0.05, 0.1) is 13.2 Å². The van der Waals surface area contributed by atoms with Crippen molar-refractivity contribution in [2.45, 2.75) is 17.4 Å². The summed E-state index contributed by atoms with van der Waals surface area (Å²) in [6.07, 6.45) is 4.98. The van der Waals surface area contributed by atoms with Crippen molar-refractivity contribution in [3.8, 4) is 12.3 Å². The summed E-state index contributed by atoms with van der Waals surface area (Å²) in [5.74, 6) is 1.78. The minimum atomic E-state index is -0.340. The van der Waals surface area contributed by atoms with Crippen molar-refractivity contribution in [3.63, 3.8) is 0 Å². The van der Waals surface area contributed by atoms with E-state index in [1.807, 2.05) is 0 Å². The van der Waals surface area contributed by atoms with E-state index in [1.54, 1.807) is 6.92 Å². The number of carbonyl (C=O) groups is 2. The highest BCUT2D eigenvalue weighted by Crippen LogP contribution is 2.42. The zero-order valence-electron chi connectivity index (χ0n) is 7.78. The predicted molar refractivity (Wildman–Crippen MR) is 53.6 cm³/mol. The van der Waals surface area contributed by atoms with E-state index >= 15 is 0 Å². The summed E-state index contributed by atoms with van der Waals surface area (Å²) in [4.78, 5) is 22.4. The van der Waals surface area contributed by atoms with Crippen LogP contribution in [-0.2, 0) is 14.3 Å². The highest BCUT2D eigenvalue weighted by Gasteiger charge is 2.50. The molecule has 76 valence electrons. The molecule has 1 rings (SSSR count). The van der Waals surface area contributed by atoms with Gasteiger partial charge in [0.15, 0.2) is 0 Å². The summed E-state index contributed by atoms with van der Waals surface area (Å²) in [5, 5.41) is 1.86. The maximum Gasteiger partial charge on any atom is 0.320 e. The molecule has 0 aromatic heterocycles. The van der Waals surface area contributed by atoms with Crippen LogP contribution in [0.1, 0.15) is 6.92 Å². The largest absolute Gasteiger partial charge is 0.465 e. The Morgan fingerprint density at radius 2 is 2.29 bits per heavy atom. The van der Waals surface area contributed by atoms with Crippen molar-refractivity contribution in [3.05, 3.63) is 0 Å². The second kappa shape index (κ2) is 4.91. The van der Waals surface area contributed by atoms with Gasteiger partial charge in [-0.1, -0.05) is 5.92 Å². The van der Waals surface area contributed by atoms with E-state index in [2.05, 4.69) is 11.2 Å². The lowest BCUT2D eigenvalue weighted by Gasteiger charge is -1.99. The molecule has 1 saturated heterocycles. The van der Waals surface area contributed by atoms with E-state index in [4.69, 9.17) is 11.2 Å². The van der Waals surface area contributed by atoms with Crippen LogP contribution in [0.15, 0.2) is 0 Å². The minimum absolute atomic E-state index is 0.189. The van der Waals surface area contributed by atoms with Crippen LogP contribution in [-0.4, -0.2) is 35.5 Å². The molecule has 5 heteroatoms. The Kier molecular flexibility index (Phi) is 3.84. The molecule has 1 N–H and O–H groups in total. The lowest BCUT2D eigenvalue weighted by Crippen LogP contribution is -2.30. The van der Waals surface area contributed by atoms with Gasteiger partial charge in [-0.2, -0.15) is 0 Å². The van der Waals surface area contributed by atoms with Crippen LogP contribution in [0.4, 0.5) is 0 Å². The zero-order chi connectivity index (χ0) is 10.6. The second-order valence-electron chi connectivity index (χ2n) is 2.65. The van der Waals surface area contributed by atoms with Gasteiger partial charge in [-0.3, -0.25) is 9.59 Å². The summed E-state index contributed by atoms with van der Waals surface area (Å²) in [5.41, 5.74) is 0. The minimum Gasteiger partial charge on any atom is -0.465 e. The van der Waals surface area contributed by atoms with Crippen molar-refractivity contribution in [2.24, 2.45) is 0 Å². The smallest absolute Gasteiger partial charge is 0.320 e. The zero-order valence-corrected chi connectivity index (χ0v) is 8.60. The van der Waals surface area contributed by atoms with Gasteiger partial charge in [-0.25, -0.2) is 0 Å². The predicted octanol–water partition coefficient (Wildman–Crippen LogP) is -0.217. The molecule has 0 saturated carbocycles. The van der Waals surface area contributed by atoms with Gasteiger partial charge in [0.2, 0.25) is 5.91 Å². The fourth-order valence-corrected chi connectivity index (χ4v) is 1.80. The lowest BCUT2D eigenvalue weighted by molar-refractivity contribution is -0.142. The quantitative estimate of drug-likeness (QED) is 0.398. The van der Waals surface area contributed by atoms with E-state index in [0.29, 0.717) is 6.61 Å². The Morgan fingerprint density at radius 1 is 1.57 bits per heavy atom. The number of amides is 1. The Labute approximate surface area is 86.8 Å². The number of ether oxygens (including phenoxy) is 1.